The van der Waals surface area contributed by atoms with Crippen LogP contribution in [0.3, 0.4) is 0 Å². The number of hydrogen-bond acceptors (Lipinski definition) is 3. The second-order valence-corrected chi connectivity index (χ2v) is 2.89. The van der Waals surface area contributed by atoms with Gasteiger partial charge in [0.15, 0.2) is 0 Å². The zero-order valence-electron chi connectivity index (χ0n) is 12.5. The van der Waals surface area contributed by atoms with Crippen molar-refractivity contribution in [3.05, 3.63) is 24.3 Å². The lowest BCUT2D eigenvalue weighted by Crippen LogP contribution is -2.40. The molecule has 0 aliphatic rings. The summed E-state index contributed by atoms with van der Waals surface area (Å²) in [6.45, 7) is 13.8. The third-order valence-electron chi connectivity index (χ3n) is 1.69. The van der Waals surface area contributed by atoms with Crippen molar-refractivity contribution in [3.63, 3.8) is 0 Å². The van der Waals surface area contributed by atoms with E-state index in [1.807, 2.05) is 40.7 Å². The highest BCUT2D eigenvalue weighted by Crippen LogP contribution is 1.96. The summed E-state index contributed by atoms with van der Waals surface area (Å²) in [6.07, 6.45) is 3.59. The number of aliphatic hydroxyl groups is 1. The van der Waals surface area contributed by atoms with Gasteiger partial charge in [-0.05, 0) is 6.42 Å². The van der Waals surface area contributed by atoms with E-state index in [2.05, 4.69) is 18.4 Å². The van der Waals surface area contributed by atoms with E-state index < -0.39 is 12.1 Å². The molecule has 5 N–H and O–H groups in total. The molecule has 0 bridgehead atoms. The fraction of sp³-hybridized carbons (Fsp3) is 0.600. The van der Waals surface area contributed by atoms with Gasteiger partial charge in [-0.3, -0.25) is 0 Å². The smallest absolute Gasteiger partial charge is 0.131 e. The Bertz CT molecular complexity index is 261. The molecule has 0 saturated heterocycles. The van der Waals surface area contributed by atoms with Crippen molar-refractivity contribution < 1.29 is 5.11 Å². The number of hydrogen-bond donors (Lipinski definition) is 3. The van der Waals surface area contributed by atoms with E-state index in [1.165, 1.54) is 0 Å². The van der Waals surface area contributed by atoms with Crippen molar-refractivity contribution in [1.82, 2.24) is 0 Å². The second-order valence-electron chi connectivity index (χ2n) is 2.89. The van der Waals surface area contributed by atoms with Crippen molar-refractivity contribution in [2.45, 2.75) is 53.2 Å². The standard InChI is InChI=1S/C11H18N2O.2C2H6/c1-3-5-9(4-2)6-7-11(14)10(13)8-12;2*1-2/h4-5,10-11,14H,2-3,8,12-13H2,1H3;2*1-2H3/b9-5+;;. The lowest BCUT2D eigenvalue weighted by molar-refractivity contribution is 0.203. The SMILES string of the molecule is C=C/C(C#CC(O)C(N)CN)=C\CC.CC.CC. The Labute approximate surface area is 113 Å². The molecule has 0 amide bonds. The Morgan fingerprint density at radius 1 is 1.33 bits per heavy atom. The zero-order valence-corrected chi connectivity index (χ0v) is 12.5. The molecule has 0 aromatic heterocycles. The molecule has 0 spiro atoms. The van der Waals surface area contributed by atoms with Crippen LogP contribution in [-0.4, -0.2) is 23.8 Å². The molecular formula is C15H30N2O. The molecule has 18 heavy (non-hydrogen) atoms. The van der Waals surface area contributed by atoms with Gasteiger partial charge in [0.05, 0.1) is 6.04 Å². The molecule has 0 heterocycles. The number of allylic oxidation sites excluding steroid dienone is 3. The monoisotopic (exact) mass is 254 g/mol. The molecule has 0 radical (unpaired) electrons. The van der Waals surface area contributed by atoms with Gasteiger partial charge in [0.25, 0.3) is 0 Å². The average molecular weight is 254 g/mol. The molecule has 0 aliphatic heterocycles. The first-order valence-electron chi connectivity index (χ1n) is 6.63. The largest absolute Gasteiger partial charge is 0.379 e. The predicted molar refractivity (Wildman–Crippen MR) is 82.1 cm³/mol. The van der Waals surface area contributed by atoms with Gasteiger partial charge in [-0.25, -0.2) is 0 Å². The molecular weight excluding hydrogens is 224 g/mol. The minimum atomic E-state index is -0.875. The Morgan fingerprint density at radius 3 is 2.17 bits per heavy atom. The van der Waals surface area contributed by atoms with E-state index in [0.717, 1.165) is 12.0 Å². The molecule has 106 valence electrons. The van der Waals surface area contributed by atoms with Crippen LogP contribution < -0.4 is 11.5 Å². The maximum absolute atomic E-state index is 9.39. The van der Waals surface area contributed by atoms with Crippen LogP contribution >= 0.6 is 0 Å². The van der Waals surface area contributed by atoms with E-state index in [1.54, 1.807) is 6.08 Å². The fourth-order valence-corrected chi connectivity index (χ4v) is 0.799. The summed E-state index contributed by atoms with van der Waals surface area (Å²) in [5.41, 5.74) is 11.6. The molecule has 2 atom stereocenters. The quantitative estimate of drug-likeness (QED) is 0.532. The van der Waals surface area contributed by atoms with E-state index in [-0.39, 0.29) is 6.54 Å². The first kappa shape index (κ1) is 22.1. The van der Waals surface area contributed by atoms with Crippen LogP contribution in [0.2, 0.25) is 0 Å². The van der Waals surface area contributed by atoms with Crippen LogP contribution in [-0.2, 0) is 0 Å². The topological polar surface area (TPSA) is 72.3 Å². The van der Waals surface area contributed by atoms with Crippen molar-refractivity contribution >= 4 is 0 Å². The maximum Gasteiger partial charge on any atom is 0.131 e. The van der Waals surface area contributed by atoms with Crippen LogP contribution in [0, 0.1) is 11.8 Å². The van der Waals surface area contributed by atoms with Crippen LogP contribution in [0.4, 0.5) is 0 Å². The highest BCUT2D eigenvalue weighted by Gasteiger charge is 2.08. The first-order valence-corrected chi connectivity index (χ1v) is 6.63. The summed E-state index contributed by atoms with van der Waals surface area (Å²) >= 11 is 0. The van der Waals surface area contributed by atoms with Crippen molar-refractivity contribution in [2.75, 3.05) is 6.54 Å². The number of nitrogens with two attached hydrogens (primary N) is 2. The number of rotatable bonds is 4. The van der Waals surface area contributed by atoms with E-state index in [9.17, 15) is 5.11 Å². The average Bonchev–Trinajstić information content (AvgIpc) is 2.46. The molecule has 0 saturated carbocycles. The van der Waals surface area contributed by atoms with Crippen molar-refractivity contribution in [1.29, 1.82) is 0 Å². The Morgan fingerprint density at radius 2 is 1.83 bits per heavy atom. The Hall–Kier alpha value is -1.08. The molecule has 0 fully saturated rings. The van der Waals surface area contributed by atoms with E-state index in [0.29, 0.717) is 0 Å². The van der Waals surface area contributed by atoms with Gasteiger partial charge in [-0.2, -0.15) is 0 Å². The van der Waals surface area contributed by atoms with Gasteiger partial charge in [-0.1, -0.05) is 65.2 Å². The molecule has 0 rings (SSSR count). The van der Waals surface area contributed by atoms with Crippen LogP contribution in [0.5, 0.6) is 0 Å². The molecule has 0 aliphatic carbocycles. The van der Waals surface area contributed by atoms with Crippen LogP contribution in [0.1, 0.15) is 41.0 Å². The third-order valence-corrected chi connectivity index (χ3v) is 1.69. The highest BCUT2D eigenvalue weighted by atomic mass is 16.3. The van der Waals surface area contributed by atoms with Gasteiger partial charge in [0.2, 0.25) is 0 Å². The Kier molecular flexibility index (Phi) is 22.5. The molecule has 3 nitrogen and oxygen atoms in total. The normalized spacial score (nSPS) is 12.6. The van der Waals surface area contributed by atoms with Gasteiger partial charge < -0.3 is 16.6 Å². The summed E-state index contributed by atoms with van der Waals surface area (Å²) in [6, 6.07) is -0.491. The van der Waals surface area contributed by atoms with Crippen LogP contribution in [0.15, 0.2) is 24.3 Å². The van der Waals surface area contributed by atoms with Gasteiger partial charge >= 0.3 is 0 Å². The Balaban J connectivity index is -0.000000506. The molecule has 0 aromatic carbocycles. The van der Waals surface area contributed by atoms with Gasteiger partial charge in [-0.15, -0.1) is 0 Å². The summed E-state index contributed by atoms with van der Waals surface area (Å²) in [5.74, 6) is 5.42. The zero-order chi connectivity index (χ0) is 15.0. The van der Waals surface area contributed by atoms with Crippen molar-refractivity contribution in [3.8, 4) is 11.8 Å². The number of aliphatic hydroxyl groups excluding tert-OH is 1. The minimum Gasteiger partial charge on any atom is -0.379 e. The van der Waals surface area contributed by atoms with Crippen molar-refractivity contribution in [2.24, 2.45) is 11.5 Å². The lowest BCUT2D eigenvalue weighted by atomic mass is 10.1. The molecule has 0 aromatic rings. The molecule has 2 unspecified atom stereocenters. The first-order chi connectivity index (χ1) is 8.65. The summed E-state index contributed by atoms with van der Waals surface area (Å²) < 4.78 is 0. The fourth-order valence-electron chi connectivity index (χ4n) is 0.799. The lowest BCUT2D eigenvalue weighted by Gasteiger charge is -2.09. The van der Waals surface area contributed by atoms with Gasteiger partial charge in [0.1, 0.15) is 6.10 Å². The van der Waals surface area contributed by atoms with E-state index >= 15 is 0 Å². The summed E-state index contributed by atoms with van der Waals surface area (Å²) in [4.78, 5) is 0. The second kappa shape index (κ2) is 18.3. The van der Waals surface area contributed by atoms with E-state index in [4.69, 9.17) is 11.5 Å². The summed E-state index contributed by atoms with van der Waals surface area (Å²) in [5, 5.41) is 9.39. The maximum atomic E-state index is 9.39. The highest BCUT2D eigenvalue weighted by molar-refractivity contribution is 5.37. The van der Waals surface area contributed by atoms with Crippen LogP contribution in [0.25, 0.3) is 0 Å². The summed E-state index contributed by atoms with van der Waals surface area (Å²) in [7, 11) is 0. The van der Waals surface area contributed by atoms with Gasteiger partial charge in [0, 0.05) is 12.1 Å². The predicted octanol–water partition coefficient (Wildman–Crippen LogP) is 2.21. The third kappa shape index (κ3) is 13.0. The minimum absolute atomic E-state index is 0.219. The molecule has 3 heteroatoms.